The van der Waals surface area contributed by atoms with E-state index in [1.165, 1.54) is 30.5 Å². The minimum atomic E-state index is -0.201. The van der Waals surface area contributed by atoms with Crippen LogP contribution in [0.4, 0.5) is 0 Å². The number of hydrogen-bond donors (Lipinski definition) is 1. The molecule has 1 unspecified atom stereocenters. The number of morpholine rings is 1. The maximum absolute atomic E-state index is 12.3. The number of amides is 2. The summed E-state index contributed by atoms with van der Waals surface area (Å²) in [6, 6.07) is 0. The van der Waals surface area contributed by atoms with E-state index in [0.29, 0.717) is 19.0 Å². The third-order valence-corrected chi connectivity index (χ3v) is 5.82. The van der Waals surface area contributed by atoms with E-state index in [1.54, 1.807) is 0 Å². The SMILES string of the molecule is O=C(Cn1ncnn1)NCC1CN(CC2CCN(CC3CC3)CC2)C(=O)CO1. The molecule has 2 aliphatic heterocycles. The molecule has 2 amide bonds. The summed E-state index contributed by atoms with van der Waals surface area (Å²) in [5.41, 5.74) is 0. The van der Waals surface area contributed by atoms with Crippen LogP contribution in [0.5, 0.6) is 0 Å². The Bertz CT molecular complexity index is 656. The summed E-state index contributed by atoms with van der Waals surface area (Å²) in [6.45, 7) is 5.37. The monoisotopic (exact) mass is 391 g/mol. The van der Waals surface area contributed by atoms with Gasteiger partial charge in [0.15, 0.2) is 6.33 Å². The Morgan fingerprint density at radius 2 is 1.96 bits per heavy atom. The van der Waals surface area contributed by atoms with Gasteiger partial charge >= 0.3 is 0 Å². The van der Waals surface area contributed by atoms with Crippen molar-refractivity contribution in [2.24, 2.45) is 11.8 Å². The Balaban J connectivity index is 1.18. The summed E-state index contributed by atoms with van der Waals surface area (Å²) in [5.74, 6) is 1.35. The number of nitrogens with one attached hydrogen (secondary N) is 1. The first kappa shape index (κ1) is 19.3. The average Bonchev–Trinajstić information content (AvgIpc) is 3.36. The first-order valence-electron chi connectivity index (χ1n) is 10.2. The molecule has 1 saturated carbocycles. The maximum atomic E-state index is 12.3. The molecule has 4 rings (SSSR count). The van der Waals surface area contributed by atoms with E-state index in [2.05, 4.69) is 25.6 Å². The minimum absolute atomic E-state index is 0.0226. The zero-order chi connectivity index (χ0) is 19.3. The summed E-state index contributed by atoms with van der Waals surface area (Å²) in [7, 11) is 0. The summed E-state index contributed by atoms with van der Waals surface area (Å²) < 4.78 is 5.60. The van der Waals surface area contributed by atoms with Crippen molar-refractivity contribution in [2.45, 2.75) is 38.3 Å². The first-order valence-corrected chi connectivity index (χ1v) is 10.2. The summed E-state index contributed by atoms with van der Waals surface area (Å²) in [4.78, 5) is 29.9. The molecular weight excluding hydrogens is 362 g/mol. The van der Waals surface area contributed by atoms with Crippen molar-refractivity contribution in [3.8, 4) is 0 Å². The van der Waals surface area contributed by atoms with Crippen molar-refractivity contribution in [3.63, 3.8) is 0 Å². The Kier molecular flexibility index (Phi) is 6.16. The molecule has 3 fully saturated rings. The van der Waals surface area contributed by atoms with Crippen molar-refractivity contribution in [2.75, 3.05) is 45.9 Å². The summed E-state index contributed by atoms with van der Waals surface area (Å²) in [5, 5.41) is 13.9. The second-order valence-corrected chi connectivity index (χ2v) is 8.19. The molecule has 1 atom stereocenters. The smallest absolute Gasteiger partial charge is 0.248 e. The number of ether oxygens (including phenoxy) is 1. The molecular formula is C18H29N7O3. The predicted molar refractivity (Wildman–Crippen MR) is 99.0 cm³/mol. The fourth-order valence-corrected chi connectivity index (χ4v) is 3.98. The molecule has 154 valence electrons. The number of tetrazole rings is 1. The maximum Gasteiger partial charge on any atom is 0.248 e. The van der Waals surface area contributed by atoms with Gasteiger partial charge in [0.25, 0.3) is 0 Å². The van der Waals surface area contributed by atoms with Crippen LogP contribution in [0.15, 0.2) is 6.33 Å². The number of likely N-dealkylation sites (tertiary alicyclic amines) is 1. The highest BCUT2D eigenvalue weighted by atomic mass is 16.5. The van der Waals surface area contributed by atoms with Crippen molar-refractivity contribution in [1.29, 1.82) is 0 Å². The van der Waals surface area contributed by atoms with Gasteiger partial charge < -0.3 is 19.9 Å². The van der Waals surface area contributed by atoms with Crippen LogP contribution >= 0.6 is 0 Å². The Labute approximate surface area is 164 Å². The van der Waals surface area contributed by atoms with Gasteiger partial charge in [-0.1, -0.05) is 0 Å². The van der Waals surface area contributed by atoms with E-state index in [-0.39, 0.29) is 31.1 Å². The lowest BCUT2D eigenvalue weighted by Crippen LogP contribution is -2.52. The Morgan fingerprint density at radius 1 is 1.18 bits per heavy atom. The molecule has 0 bridgehead atoms. The number of rotatable bonds is 8. The molecule has 28 heavy (non-hydrogen) atoms. The zero-order valence-electron chi connectivity index (χ0n) is 16.2. The highest BCUT2D eigenvalue weighted by molar-refractivity contribution is 5.78. The van der Waals surface area contributed by atoms with E-state index in [9.17, 15) is 9.59 Å². The standard InChI is InChI=1S/C18H29N7O3/c26-17(11-25-21-13-20-22-25)19-7-16-10-24(18(27)12-28-16)9-15-3-5-23(6-4-15)8-14-1-2-14/h13-16H,1-12H2,(H,19,26). The van der Waals surface area contributed by atoms with Crippen LogP contribution in [0, 0.1) is 11.8 Å². The van der Waals surface area contributed by atoms with E-state index >= 15 is 0 Å². The van der Waals surface area contributed by atoms with E-state index < -0.39 is 0 Å². The zero-order valence-corrected chi connectivity index (χ0v) is 16.2. The van der Waals surface area contributed by atoms with Gasteiger partial charge in [-0.05, 0) is 55.8 Å². The van der Waals surface area contributed by atoms with Crippen LogP contribution in [-0.2, 0) is 20.9 Å². The number of carbonyl (C=O) groups is 2. The van der Waals surface area contributed by atoms with Crippen molar-refractivity contribution < 1.29 is 14.3 Å². The fraction of sp³-hybridized carbons (Fsp3) is 0.833. The number of carbonyl (C=O) groups excluding carboxylic acids is 2. The molecule has 3 heterocycles. The van der Waals surface area contributed by atoms with E-state index in [0.717, 1.165) is 38.4 Å². The molecule has 0 spiro atoms. The quantitative estimate of drug-likeness (QED) is 0.615. The van der Waals surface area contributed by atoms with Gasteiger partial charge in [-0.25, -0.2) is 0 Å². The summed E-state index contributed by atoms with van der Waals surface area (Å²) >= 11 is 0. The van der Waals surface area contributed by atoms with Crippen molar-refractivity contribution >= 4 is 11.8 Å². The van der Waals surface area contributed by atoms with Crippen LogP contribution in [0.1, 0.15) is 25.7 Å². The van der Waals surface area contributed by atoms with Crippen molar-refractivity contribution in [1.82, 2.24) is 35.3 Å². The molecule has 10 nitrogen and oxygen atoms in total. The molecule has 2 saturated heterocycles. The molecule has 0 aromatic carbocycles. The molecule has 10 heteroatoms. The van der Waals surface area contributed by atoms with Crippen LogP contribution < -0.4 is 5.32 Å². The lowest BCUT2D eigenvalue weighted by Gasteiger charge is -2.38. The third-order valence-electron chi connectivity index (χ3n) is 5.82. The van der Waals surface area contributed by atoms with Crippen LogP contribution in [0.2, 0.25) is 0 Å². The van der Waals surface area contributed by atoms with E-state index in [1.807, 2.05) is 4.90 Å². The summed E-state index contributed by atoms with van der Waals surface area (Å²) in [6.07, 6.45) is 6.22. The lowest BCUT2D eigenvalue weighted by molar-refractivity contribution is -0.150. The van der Waals surface area contributed by atoms with Gasteiger partial charge in [0.2, 0.25) is 11.8 Å². The molecule has 3 aliphatic rings. The topological polar surface area (TPSA) is 105 Å². The van der Waals surface area contributed by atoms with Gasteiger partial charge in [-0.3, -0.25) is 9.59 Å². The Hall–Kier alpha value is -2.07. The van der Waals surface area contributed by atoms with Gasteiger partial charge in [0, 0.05) is 26.2 Å². The number of nitrogens with zero attached hydrogens (tertiary/aromatic N) is 6. The highest BCUT2D eigenvalue weighted by Gasteiger charge is 2.31. The van der Waals surface area contributed by atoms with Gasteiger partial charge in [0.05, 0.1) is 6.10 Å². The second kappa shape index (κ2) is 8.95. The second-order valence-electron chi connectivity index (χ2n) is 8.19. The number of hydrogen-bond acceptors (Lipinski definition) is 7. The molecule has 1 aromatic heterocycles. The first-order chi connectivity index (χ1) is 13.7. The molecule has 1 N–H and O–H groups in total. The lowest BCUT2D eigenvalue weighted by atomic mass is 9.95. The molecule has 1 aliphatic carbocycles. The van der Waals surface area contributed by atoms with Gasteiger partial charge in [-0.15, -0.1) is 10.2 Å². The van der Waals surface area contributed by atoms with E-state index in [4.69, 9.17) is 4.74 Å². The Morgan fingerprint density at radius 3 is 2.68 bits per heavy atom. The third kappa shape index (κ3) is 5.48. The van der Waals surface area contributed by atoms with Gasteiger partial charge in [0.1, 0.15) is 13.2 Å². The van der Waals surface area contributed by atoms with Crippen LogP contribution in [0.3, 0.4) is 0 Å². The van der Waals surface area contributed by atoms with Crippen molar-refractivity contribution in [3.05, 3.63) is 6.33 Å². The normalized spacial score (nSPS) is 24.5. The molecule has 1 aromatic rings. The largest absolute Gasteiger partial charge is 0.365 e. The van der Waals surface area contributed by atoms with Gasteiger partial charge in [-0.2, -0.15) is 4.80 Å². The number of piperidine rings is 1. The predicted octanol–water partition coefficient (Wildman–Crippen LogP) is -0.861. The molecule has 0 radical (unpaired) electrons. The van der Waals surface area contributed by atoms with Crippen LogP contribution in [0.25, 0.3) is 0 Å². The number of aromatic nitrogens is 4. The minimum Gasteiger partial charge on any atom is -0.365 e. The highest BCUT2D eigenvalue weighted by Crippen LogP contribution is 2.31. The fourth-order valence-electron chi connectivity index (χ4n) is 3.98. The average molecular weight is 391 g/mol. The van der Waals surface area contributed by atoms with Crippen LogP contribution in [-0.4, -0.2) is 93.8 Å².